The molecule has 0 bridgehead atoms. The fourth-order valence-electron chi connectivity index (χ4n) is 5.81. The standard InChI is InChI=1S/C26H30ClN5O3/c27-23-11-22(4-1-17(23)12-28)35-21-5-2-20(3-6-21)29-26(34)24-7-8-25(31-30-24)32-13-18-9-16(15-33)10-19(18)14-32/h1,4,7-8,11,16,18-21,33H,2-3,5-6,9-10,13-15H2,(H,29,34)/t16-,18+,19-,20?,21?. The fourth-order valence-corrected chi connectivity index (χ4v) is 6.03. The lowest BCUT2D eigenvalue weighted by molar-refractivity contribution is 0.0888. The number of fused-ring (bicyclic) bond motifs is 1. The molecule has 5 rings (SSSR count). The molecule has 35 heavy (non-hydrogen) atoms. The molecule has 1 aliphatic heterocycles. The van der Waals surface area contributed by atoms with Crippen LogP contribution in [0.4, 0.5) is 5.82 Å². The van der Waals surface area contributed by atoms with Crippen molar-refractivity contribution < 1.29 is 14.6 Å². The third-order valence-corrected chi connectivity index (χ3v) is 8.00. The Balaban J connectivity index is 1.08. The molecule has 0 radical (unpaired) electrons. The smallest absolute Gasteiger partial charge is 0.272 e. The summed E-state index contributed by atoms with van der Waals surface area (Å²) in [4.78, 5) is 15.0. The number of nitrogens with zero attached hydrogens (tertiary/aromatic N) is 4. The third kappa shape index (κ3) is 5.36. The Morgan fingerprint density at radius 1 is 1.14 bits per heavy atom. The van der Waals surface area contributed by atoms with Gasteiger partial charge in [-0.15, -0.1) is 10.2 Å². The molecule has 0 spiro atoms. The molecule has 9 heteroatoms. The zero-order chi connectivity index (χ0) is 24.4. The second-order valence-electron chi connectivity index (χ2n) is 10.0. The fraction of sp³-hybridized carbons (Fsp3) is 0.538. The lowest BCUT2D eigenvalue weighted by atomic mass is 9.93. The second kappa shape index (κ2) is 10.4. The molecular formula is C26H30ClN5O3. The molecule has 1 aromatic carbocycles. The molecule has 3 atom stereocenters. The third-order valence-electron chi connectivity index (χ3n) is 7.69. The van der Waals surface area contributed by atoms with Crippen molar-refractivity contribution >= 4 is 23.3 Å². The monoisotopic (exact) mass is 495 g/mol. The van der Waals surface area contributed by atoms with Gasteiger partial charge in [-0.2, -0.15) is 5.26 Å². The van der Waals surface area contributed by atoms with Crippen LogP contribution in [0.5, 0.6) is 5.75 Å². The number of amides is 1. The van der Waals surface area contributed by atoms with Gasteiger partial charge in [0.25, 0.3) is 5.91 Å². The van der Waals surface area contributed by atoms with Gasteiger partial charge in [0.1, 0.15) is 11.8 Å². The van der Waals surface area contributed by atoms with Gasteiger partial charge < -0.3 is 20.1 Å². The average Bonchev–Trinajstić information content (AvgIpc) is 3.45. The molecule has 3 fully saturated rings. The first-order chi connectivity index (χ1) is 17.0. The minimum atomic E-state index is -0.198. The topological polar surface area (TPSA) is 111 Å². The Hall–Kier alpha value is -2.89. The van der Waals surface area contributed by atoms with E-state index in [-0.39, 0.29) is 24.7 Å². The van der Waals surface area contributed by atoms with Crippen molar-refractivity contribution in [3.63, 3.8) is 0 Å². The molecule has 1 aromatic heterocycles. The summed E-state index contributed by atoms with van der Waals surface area (Å²) < 4.78 is 6.03. The van der Waals surface area contributed by atoms with Crippen molar-refractivity contribution in [1.29, 1.82) is 5.26 Å². The number of halogens is 1. The number of carbonyl (C=O) groups is 1. The maximum absolute atomic E-state index is 12.7. The highest BCUT2D eigenvalue weighted by molar-refractivity contribution is 6.31. The van der Waals surface area contributed by atoms with Crippen LogP contribution in [-0.4, -0.2) is 53.1 Å². The Morgan fingerprint density at radius 3 is 2.49 bits per heavy atom. The zero-order valence-electron chi connectivity index (χ0n) is 19.6. The van der Waals surface area contributed by atoms with Crippen LogP contribution in [0.1, 0.15) is 54.6 Å². The molecule has 184 valence electrons. The molecule has 1 amide bonds. The van der Waals surface area contributed by atoms with E-state index in [9.17, 15) is 9.90 Å². The number of nitriles is 1. The molecular weight excluding hydrogens is 466 g/mol. The molecule has 3 aliphatic rings. The molecule has 2 saturated carbocycles. The van der Waals surface area contributed by atoms with Crippen molar-refractivity contribution in [2.24, 2.45) is 17.8 Å². The number of aliphatic hydroxyl groups excluding tert-OH is 1. The Labute approximate surface area is 210 Å². The van der Waals surface area contributed by atoms with Gasteiger partial charge in [-0.25, -0.2) is 0 Å². The van der Waals surface area contributed by atoms with E-state index in [2.05, 4.69) is 20.4 Å². The zero-order valence-corrected chi connectivity index (χ0v) is 20.3. The number of anilines is 1. The minimum absolute atomic E-state index is 0.0545. The average molecular weight is 496 g/mol. The van der Waals surface area contributed by atoms with E-state index in [1.54, 1.807) is 24.3 Å². The number of rotatable bonds is 6. The lowest BCUT2D eigenvalue weighted by Gasteiger charge is -2.29. The maximum Gasteiger partial charge on any atom is 0.272 e. The molecule has 1 saturated heterocycles. The number of aliphatic hydroxyl groups is 1. The molecule has 2 N–H and O–H groups in total. The molecule has 0 unspecified atom stereocenters. The van der Waals surface area contributed by atoms with Crippen LogP contribution in [0.2, 0.25) is 5.02 Å². The first kappa shape index (κ1) is 23.8. The van der Waals surface area contributed by atoms with Gasteiger partial charge in [0.15, 0.2) is 11.5 Å². The predicted octanol–water partition coefficient (Wildman–Crippen LogP) is 3.58. The van der Waals surface area contributed by atoms with E-state index in [0.717, 1.165) is 57.4 Å². The second-order valence-corrected chi connectivity index (χ2v) is 10.4. The van der Waals surface area contributed by atoms with Crippen LogP contribution in [0, 0.1) is 29.1 Å². The first-order valence-electron chi connectivity index (χ1n) is 12.4. The Morgan fingerprint density at radius 2 is 1.89 bits per heavy atom. The van der Waals surface area contributed by atoms with Crippen LogP contribution in [0.15, 0.2) is 30.3 Å². The van der Waals surface area contributed by atoms with E-state index in [4.69, 9.17) is 21.6 Å². The van der Waals surface area contributed by atoms with E-state index in [1.807, 2.05) is 12.1 Å². The summed E-state index contributed by atoms with van der Waals surface area (Å²) in [7, 11) is 0. The number of hydrogen-bond donors (Lipinski definition) is 2. The van der Waals surface area contributed by atoms with Gasteiger partial charge in [0.2, 0.25) is 0 Å². The number of carbonyl (C=O) groups excluding carboxylic acids is 1. The van der Waals surface area contributed by atoms with E-state index >= 15 is 0 Å². The van der Waals surface area contributed by atoms with Crippen molar-refractivity contribution in [3.8, 4) is 11.8 Å². The SMILES string of the molecule is N#Cc1ccc(OC2CCC(NC(=O)c3ccc(N4C[C@H]5C[C@H](CO)C[C@H]5C4)nn3)CC2)cc1Cl. The number of nitrogens with one attached hydrogen (secondary N) is 1. The van der Waals surface area contributed by atoms with Crippen molar-refractivity contribution in [1.82, 2.24) is 15.5 Å². The van der Waals surface area contributed by atoms with Gasteiger partial charge in [-0.05, 0) is 80.5 Å². The van der Waals surface area contributed by atoms with E-state index < -0.39 is 0 Å². The van der Waals surface area contributed by atoms with E-state index in [1.165, 1.54) is 0 Å². The van der Waals surface area contributed by atoms with Gasteiger partial charge in [0.05, 0.1) is 16.7 Å². The summed E-state index contributed by atoms with van der Waals surface area (Å²) in [6.07, 6.45) is 5.50. The van der Waals surface area contributed by atoms with Gasteiger partial charge in [-0.3, -0.25) is 4.79 Å². The highest BCUT2D eigenvalue weighted by atomic mass is 35.5. The van der Waals surface area contributed by atoms with Crippen LogP contribution < -0.4 is 15.0 Å². The summed E-state index contributed by atoms with van der Waals surface area (Å²) in [5.74, 6) is 2.95. The summed E-state index contributed by atoms with van der Waals surface area (Å²) in [6, 6.07) is 10.9. The van der Waals surface area contributed by atoms with E-state index in [0.29, 0.717) is 39.8 Å². The summed E-state index contributed by atoms with van der Waals surface area (Å²) in [6.45, 7) is 2.18. The minimum Gasteiger partial charge on any atom is -0.490 e. The lowest BCUT2D eigenvalue weighted by Crippen LogP contribution is -2.40. The predicted molar refractivity (Wildman–Crippen MR) is 131 cm³/mol. The quantitative estimate of drug-likeness (QED) is 0.630. The summed E-state index contributed by atoms with van der Waals surface area (Å²) >= 11 is 6.09. The molecule has 2 aromatic rings. The molecule has 2 aliphatic carbocycles. The van der Waals surface area contributed by atoms with Gasteiger partial charge >= 0.3 is 0 Å². The number of hydrogen-bond acceptors (Lipinski definition) is 7. The van der Waals surface area contributed by atoms with Crippen LogP contribution in [0.3, 0.4) is 0 Å². The number of ether oxygens (including phenoxy) is 1. The number of benzene rings is 1. The highest BCUT2D eigenvalue weighted by Gasteiger charge is 2.41. The van der Waals surface area contributed by atoms with Crippen LogP contribution in [0.25, 0.3) is 0 Å². The van der Waals surface area contributed by atoms with Crippen molar-refractivity contribution in [2.45, 2.75) is 50.7 Å². The molecule has 8 nitrogen and oxygen atoms in total. The highest BCUT2D eigenvalue weighted by Crippen LogP contribution is 2.42. The summed E-state index contributed by atoms with van der Waals surface area (Å²) in [5.41, 5.74) is 0.764. The first-order valence-corrected chi connectivity index (χ1v) is 12.8. The summed E-state index contributed by atoms with van der Waals surface area (Å²) in [5, 5.41) is 30.4. The van der Waals surface area contributed by atoms with Crippen molar-refractivity contribution in [3.05, 3.63) is 46.6 Å². The van der Waals surface area contributed by atoms with Gasteiger partial charge in [-0.1, -0.05) is 11.6 Å². The molecule has 2 heterocycles. The number of aromatic nitrogens is 2. The van der Waals surface area contributed by atoms with Gasteiger partial charge in [0, 0.05) is 31.8 Å². The van der Waals surface area contributed by atoms with Crippen LogP contribution >= 0.6 is 11.6 Å². The van der Waals surface area contributed by atoms with Crippen LogP contribution in [-0.2, 0) is 0 Å². The normalized spacial score (nSPS) is 27.8. The Bertz CT molecular complexity index is 1080. The van der Waals surface area contributed by atoms with Crippen molar-refractivity contribution in [2.75, 3.05) is 24.6 Å². The largest absolute Gasteiger partial charge is 0.490 e. The maximum atomic E-state index is 12.7. The Kier molecular flexibility index (Phi) is 7.07.